The highest BCUT2D eigenvalue weighted by atomic mass is 16.5. The fraction of sp³-hybridized carbons (Fsp3) is 0.708. The number of benzene rings is 1. The number of amides is 1. The zero-order valence-electron chi connectivity index (χ0n) is 18.6. The highest BCUT2D eigenvalue weighted by molar-refractivity contribution is 5.73. The van der Waals surface area contributed by atoms with Gasteiger partial charge >= 0.3 is 0 Å². The minimum atomic E-state index is 0.0335. The molecule has 5 atom stereocenters. The van der Waals surface area contributed by atoms with Crippen molar-refractivity contribution >= 4 is 5.91 Å². The van der Waals surface area contributed by atoms with Gasteiger partial charge in [-0.1, -0.05) is 13.8 Å². The zero-order valence-corrected chi connectivity index (χ0v) is 18.6. The smallest absolute Gasteiger partial charge is 0.217 e. The second-order valence-electron chi connectivity index (χ2n) is 9.77. The summed E-state index contributed by atoms with van der Waals surface area (Å²) in [6.07, 6.45) is 3.39. The molecule has 0 radical (unpaired) electrons. The summed E-state index contributed by atoms with van der Waals surface area (Å²) >= 11 is 0. The van der Waals surface area contributed by atoms with Gasteiger partial charge in [0, 0.05) is 19.6 Å². The first-order chi connectivity index (χ1) is 13.7. The van der Waals surface area contributed by atoms with Crippen LogP contribution in [-0.2, 0) is 9.53 Å². The lowest BCUT2D eigenvalue weighted by atomic mass is 9.58. The largest absolute Gasteiger partial charge is 0.493 e. The van der Waals surface area contributed by atoms with E-state index in [1.54, 1.807) is 14.0 Å². The molecule has 0 aromatic heterocycles. The van der Waals surface area contributed by atoms with Crippen LogP contribution in [0.3, 0.4) is 0 Å². The number of carbonyl (C=O) groups excluding carboxylic acids is 1. The third-order valence-electron chi connectivity index (χ3n) is 8.01. The van der Waals surface area contributed by atoms with E-state index in [2.05, 4.69) is 38.2 Å². The Labute approximate surface area is 174 Å². The maximum Gasteiger partial charge on any atom is 0.217 e. The van der Waals surface area contributed by atoms with E-state index >= 15 is 0 Å². The summed E-state index contributed by atoms with van der Waals surface area (Å²) in [7, 11) is 1.68. The van der Waals surface area contributed by atoms with Crippen molar-refractivity contribution < 1.29 is 19.0 Å². The first-order valence-corrected chi connectivity index (χ1v) is 10.9. The second kappa shape index (κ2) is 7.19. The molecular formula is C24H35NO4. The van der Waals surface area contributed by atoms with E-state index in [0.29, 0.717) is 18.4 Å². The topological polar surface area (TPSA) is 56.8 Å². The van der Waals surface area contributed by atoms with E-state index in [-0.39, 0.29) is 28.9 Å². The fourth-order valence-electron chi connectivity index (χ4n) is 6.71. The number of ether oxygens (including phenoxy) is 3. The van der Waals surface area contributed by atoms with Crippen LogP contribution < -0.4 is 14.8 Å². The van der Waals surface area contributed by atoms with Gasteiger partial charge in [-0.15, -0.1) is 0 Å². The van der Waals surface area contributed by atoms with Crippen LogP contribution in [-0.4, -0.2) is 32.3 Å². The lowest BCUT2D eigenvalue weighted by molar-refractivity contribution is -0.136. The van der Waals surface area contributed by atoms with Gasteiger partial charge in [0.1, 0.15) is 0 Å². The van der Waals surface area contributed by atoms with Gasteiger partial charge in [-0.25, -0.2) is 0 Å². The molecule has 1 aliphatic heterocycles. The Kier molecular flexibility index (Phi) is 5.09. The van der Waals surface area contributed by atoms with Gasteiger partial charge in [0.25, 0.3) is 0 Å². The first-order valence-electron chi connectivity index (χ1n) is 10.9. The molecule has 29 heavy (non-hydrogen) atoms. The van der Waals surface area contributed by atoms with Crippen LogP contribution in [0.1, 0.15) is 64.2 Å². The van der Waals surface area contributed by atoms with Gasteiger partial charge in [0.2, 0.25) is 5.91 Å². The molecule has 1 N–H and O–H groups in total. The molecule has 4 rings (SSSR count). The van der Waals surface area contributed by atoms with Crippen molar-refractivity contribution in [2.45, 2.75) is 66.0 Å². The zero-order chi connectivity index (χ0) is 21.0. The van der Waals surface area contributed by atoms with E-state index in [9.17, 15) is 4.79 Å². The summed E-state index contributed by atoms with van der Waals surface area (Å²) < 4.78 is 17.8. The molecule has 1 aromatic carbocycles. The lowest BCUT2D eigenvalue weighted by Gasteiger charge is -2.53. The molecule has 3 fully saturated rings. The predicted octanol–water partition coefficient (Wildman–Crippen LogP) is 4.42. The van der Waals surface area contributed by atoms with Crippen LogP contribution >= 0.6 is 0 Å². The number of hydrogen-bond donors (Lipinski definition) is 1. The Morgan fingerprint density at radius 2 is 2.07 bits per heavy atom. The maximum absolute atomic E-state index is 12.1. The normalized spacial score (nSPS) is 34.6. The average molecular weight is 402 g/mol. The monoisotopic (exact) mass is 401 g/mol. The van der Waals surface area contributed by atoms with E-state index in [1.165, 1.54) is 17.5 Å². The summed E-state index contributed by atoms with van der Waals surface area (Å²) in [5.41, 5.74) is 2.60. The Morgan fingerprint density at radius 1 is 1.31 bits per heavy atom. The molecular weight excluding hydrogens is 366 g/mol. The summed E-state index contributed by atoms with van der Waals surface area (Å²) in [4.78, 5) is 12.1. The Morgan fingerprint density at radius 3 is 2.72 bits per heavy atom. The molecule has 1 heterocycles. The number of hydrogen-bond acceptors (Lipinski definition) is 4. The van der Waals surface area contributed by atoms with E-state index in [1.807, 2.05) is 6.92 Å². The first kappa shape index (κ1) is 20.5. The van der Waals surface area contributed by atoms with Gasteiger partial charge in [0.15, 0.2) is 11.5 Å². The van der Waals surface area contributed by atoms with E-state index in [0.717, 1.165) is 30.9 Å². The molecule has 5 nitrogen and oxygen atoms in total. The summed E-state index contributed by atoms with van der Waals surface area (Å²) in [5, 5.41) is 3.35. The average Bonchev–Trinajstić information content (AvgIpc) is 3.15. The molecule has 2 bridgehead atoms. The molecule has 5 heteroatoms. The molecule has 1 saturated heterocycles. The van der Waals surface area contributed by atoms with E-state index < -0.39 is 0 Å². The molecule has 2 aliphatic carbocycles. The second-order valence-corrected chi connectivity index (χ2v) is 9.77. The maximum atomic E-state index is 12.1. The Balaban J connectivity index is 1.73. The molecule has 2 saturated carbocycles. The van der Waals surface area contributed by atoms with Gasteiger partial charge in [-0.3, -0.25) is 4.79 Å². The number of nitrogens with one attached hydrogen (secondary N) is 1. The highest BCUT2D eigenvalue weighted by Gasteiger charge is 2.68. The SMILES string of the molecule is CCOc1cc([C@H]2OCCC34C[C@@H](C[C@H]23)C(C)(C)[C@@H]4NC(C)=O)c(C)cc1OC. The minimum Gasteiger partial charge on any atom is -0.493 e. The number of rotatable bonds is 5. The van der Waals surface area contributed by atoms with Crippen LogP contribution in [0, 0.1) is 29.6 Å². The van der Waals surface area contributed by atoms with Crippen molar-refractivity contribution in [3.05, 3.63) is 23.3 Å². The van der Waals surface area contributed by atoms with Crippen molar-refractivity contribution in [1.29, 1.82) is 0 Å². The van der Waals surface area contributed by atoms with Crippen molar-refractivity contribution in [2.24, 2.45) is 22.7 Å². The Bertz CT molecular complexity index is 804. The molecule has 1 unspecified atom stereocenters. The molecule has 160 valence electrons. The number of fused-ring (bicyclic) bond motifs is 1. The van der Waals surface area contributed by atoms with E-state index in [4.69, 9.17) is 14.2 Å². The van der Waals surface area contributed by atoms with Crippen LogP contribution in [0.25, 0.3) is 0 Å². The fourth-order valence-corrected chi connectivity index (χ4v) is 6.71. The van der Waals surface area contributed by atoms with Crippen molar-refractivity contribution in [3.8, 4) is 11.5 Å². The summed E-state index contributed by atoms with van der Waals surface area (Å²) in [6.45, 7) is 11.8. The lowest BCUT2D eigenvalue weighted by Crippen LogP contribution is -2.58. The van der Waals surface area contributed by atoms with Gasteiger partial charge in [-0.2, -0.15) is 0 Å². The summed E-state index contributed by atoms with van der Waals surface area (Å²) in [6, 6.07) is 4.38. The third kappa shape index (κ3) is 3.04. The number of methoxy groups -OCH3 is 1. The molecule has 1 aromatic rings. The standard InChI is InChI=1S/C24H35NO4/c1-7-28-20-12-17(14(2)10-19(20)27-6)21-18-11-16-13-24(18,8-9-29-21)22(23(16,4)5)25-15(3)26/h10,12,16,18,21-22H,7-9,11,13H2,1-6H3,(H,25,26)/t16-,18-,21-,22+,24?/m1/s1. The molecule has 3 aliphatic rings. The van der Waals surface area contributed by atoms with Gasteiger partial charge in [0.05, 0.1) is 19.8 Å². The third-order valence-corrected chi connectivity index (χ3v) is 8.01. The predicted molar refractivity (Wildman–Crippen MR) is 112 cm³/mol. The van der Waals surface area contributed by atoms with Crippen molar-refractivity contribution in [3.63, 3.8) is 0 Å². The van der Waals surface area contributed by atoms with Crippen LogP contribution in [0.5, 0.6) is 11.5 Å². The quantitative estimate of drug-likeness (QED) is 0.793. The highest BCUT2D eigenvalue weighted by Crippen LogP contribution is 2.70. The number of aryl methyl sites for hydroxylation is 1. The van der Waals surface area contributed by atoms with Gasteiger partial charge < -0.3 is 19.5 Å². The minimum absolute atomic E-state index is 0.0335. The molecule has 1 spiro atoms. The van der Waals surface area contributed by atoms with Crippen molar-refractivity contribution in [2.75, 3.05) is 20.3 Å². The molecule has 1 amide bonds. The van der Waals surface area contributed by atoms with Crippen LogP contribution in [0.2, 0.25) is 0 Å². The number of carbonyl (C=O) groups is 1. The van der Waals surface area contributed by atoms with Gasteiger partial charge in [-0.05, 0) is 79.0 Å². The van der Waals surface area contributed by atoms with Crippen LogP contribution in [0.4, 0.5) is 0 Å². The van der Waals surface area contributed by atoms with Crippen LogP contribution in [0.15, 0.2) is 12.1 Å². The Hall–Kier alpha value is -1.75. The van der Waals surface area contributed by atoms with Crippen molar-refractivity contribution in [1.82, 2.24) is 5.32 Å². The summed E-state index contributed by atoms with van der Waals surface area (Å²) in [5.74, 6) is 2.64.